The molecule has 0 saturated carbocycles. The van der Waals surface area contributed by atoms with E-state index in [0.717, 1.165) is 32.2 Å². The third-order valence-corrected chi connectivity index (χ3v) is 5.24. The lowest BCUT2D eigenvalue weighted by molar-refractivity contribution is 0.0908. The number of ether oxygens (including phenoxy) is 1. The van der Waals surface area contributed by atoms with Gasteiger partial charge in [-0.2, -0.15) is 0 Å². The van der Waals surface area contributed by atoms with Crippen LogP contribution in [0.25, 0.3) is 0 Å². The fourth-order valence-electron chi connectivity index (χ4n) is 3.48. The predicted octanol–water partition coefficient (Wildman–Crippen LogP) is 3.69. The van der Waals surface area contributed by atoms with E-state index >= 15 is 0 Å². The van der Waals surface area contributed by atoms with Crippen molar-refractivity contribution in [2.45, 2.75) is 31.8 Å². The van der Waals surface area contributed by atoms with Crippen LogP contribution in [0.3, 0.4) is 0 Å². The fraction of sp³-hybridized carbons (Fsp3) is 0.391. The Morgan fingerprint density at radius 1 is 1.03 bits per heavy atom. The van der Waals surface area contributed by atoms with Crippen LogP contribution in [0.4, 0.5) is 10.5 Å². The van der Waals surface area contributed by atoms with Gasteiger partial charge in [-0.3, -0.25) is 4.79 Å². The van der Waals surface area contributed by atoms with Crippen molar-refractivity contribution < 1.29 is 14.3 Å². The second-order valence-electron chi connectivity index (χ2n) is 7.27. The van der Waals surface area contributed by atoms with Crippen molar-refractivity contribution in [2.24, 2.45) is 0 Å². The average Bonchev–Trinajstić information content (AvgIpc) is 3.01. The van der Waals surface area contributed by atoms with E-state index in [4.69, 9.17) is 4.74 Å². The molecule has 2 N–H and O–H groups in total. The minimum atomic E-state index is -0.114. The zero-order valence-electron chi connectivity index (χ0n) is 16.9. The molecule has 6 nitrogen and oxygen atoms in total. The summed E-state index contributed by atoms with van der Waals surface area (Å²) in [4.78, 5) is 26.6. The summed E-state index contributed by atoms with van der Waals surface area (Å²) in [6, 6.07) is 16.9. The van der Waals surface area contributed by atoms with E-state index in [1.54, 1.807) is 31.4 Å². The summed E-state index contributed by atoms with van der Waals surface area (Å²) < 4.78 is 5.41. The van der Waals surface area contributed by atoms with E-state index in [1.807, 2.05) is 35.2 Å². The summed E-state index contributed by atoms with van der Waals surface area (Å²) in [5, 5.41) is 5.85. The van der Waals surface area contributed by atoms with Gasteiger partial charge in [0, 0.05) is 38.0 Å². The Morgan fingerprint density at radius 2 is 1.79 bits per heavy atom. The lowest BCUT2D eigenvalue weighted by Crippen LogP contribution is -2.36. The molecule has 1 heterocycles. The van der Waals surface area contributed by atoms with Crippen LogP contribution < -0.4 is 10.6 Å². The molecule has 0 aromatic heterocycles. The predicted molar refractivity (Wildman–Crippen MR) is 114 cm³/mol. The number of urea groups is 1. The van der Waals surface area contributed by atoms with Gasteiger partial charge >= 0.3 is 6.03 Å². The molecule has 1 atom stereocenters. The average molecular weight is 396 g/mol. The third kappa shape index (κ3) is 6.32. The van der Waals surface area contributed by atoms with E-state index < -0.39 is 0 Å². The number of carbonyl (C=O) groups is 2. The Morgan fingerprint density at radius 3 is 2.52 bits per heavy atom. The molecule has 3 rings (SSSR count). The molecule has 1 aliphatic rings. The van der Waals surface area contributed by atoms with Gasteiger partial charge in [-0.1, -0.05) is 30.3 Å². The third-order valence-electron chi connectivity index (χ3n) is 5.24. The Kier molecular flexibility index (Phi) is 7.64. The zero-order valence-corrected chi connectivity index (χ0v) is 16.9. The minimum absolute atomic E-state index is 0.109. The second-order valence-corrected chi connectivity index (χ2v) is 7.27. The summed E-state index contributed by atoms with van der Waals surface area (Å²) in [5.41, 5.74) is 2.45. The van der Waals surface area contributed by atoms with Crippen molar-refractivity contribution in [1.29, 1.82) is 0 Å². The first kappa shape index (κ1) is 20.9. The van der Waals surface area contributed by atoms with Crippen molar-refractivity contribution in [3.63, 3.8) is 0 Å². The van der Waals surface area contributed by atoms with E-state index in [0.29, 0.717) is 24.3 Å². The van der Waals surface area contributed by atoms with Gasteiger partial charge in [-0.25, -0.2) is 4.79 Å². The molecule has 1 fully saturated rings. The normalized spacial score (nSPS) is 16.7. The Hall–Kier alpha value is -2.86. The second kappa shape index (κ2) is 10.6. The summed E-state index contributed by atoms with van der Waals surface area (Å²) in [7, 11) is 1.72. The van der Waals surface area contributed by atoms with E-state index in [9.17, 15) is 9.59 Å². The number of amides is 3. The lowest BCUT2D eigenvalue weighted by Gasteiger charge is -2.21. The van der Waals surface area contributed by atoms with E-state index in [2.05, 4.69) is 10.6 Å². The Bertz CT molecular complexity index is 793. The molecule has 1 saturated heterocycles. The van der Waals surface area contributed by atoms with E-state index in [1.165, 1.54) is 5.56 Å². The number of carbonyl (C=O) groups excluding carboxylic acids is 2. The topological polar surface area (TPSA) is 70.7 Å². The SMILES string of the molecule is COC1CCCN(C(=O)Nc2ccc(C(=O)NCCc3ccccc3)cc2)CC1. The first-order chi connectivity index (χ1) is 14.2. The molecule has 29 heavy (non-hydrogen) atoms. The van der Waals surface area contributed by atoms with Crippen LogP contribution in [0.5, 0.6) is 0 Å². The smallest absolute Gasteiger partial charge is 0.321 e. The van der Waals surface area contributed by atoms with Crippen LogP contribution >= 0.6 is 0 Å². The molecule has 0 radical (unpaired) electrons. The van der Waals surface area contributed by atoms with Gasteiger partial charge in [-0.05, 0) is 55.5 Å². The van der Waals surface area contributed by atoms with Gasteiger partial charge in [0.1, 0.15) is 0 Å². The molecule has 1 aliphatic heterocycles. The Balaban J connectivity index is 1.46. The zero-order chi connectivity index (χ0) is 20.5. The number of nitrogens with zero attached hydrogens (tertiary/aromatic N) is 1. The summed E-state index contributed by atoms with van der Waals surface area (Å²) in [6.07, 6.45) is 3.79. The first-order valence-electron chi connectivity index (χ1n) is 10.2. The molecule has 6 heteroatoms. The molecule has 2 aromatic carbocycles. The maximum absolute atomic E-state index is 12.5. The monoisotopic (exact) mass is 395 g/mol. The molecular weight excluding hydrogens is 366 g/mol. The van der Waals surface area contributed by atoms with Crippen LogP contribution in [0, 0.1) is 0 Å². The minimum Gasteiger partial charge on any atom is -0.381 e. The molecule has 3 amide bonds. The van der Waals surface area contributed by atoms with Crippen LogP contribution in [0.2, 0.25) is 0 Å². The number of benzene rings is 2. The first-order valence-corrected chi connectivity index (χ1v) is 10.2. The molecule has 0 spiro atoms. The molecule has 154 valence electrons. The van der Waals surface area contributed by atoms with Gasteiger partial charge in [0.05, 0.1) is 6.10 Å². The largest absolute Gasteiger partial charge is 0.381 e. The van der Waals surface area contributed by atoms with Crippen LogP contribution in [-0.4, -0.2) is 49.7 Å². The molecule has 1 unspecified atom stereocenters. The highest BCUT2D eigenvalue weighted by atomic mass is 16.5. The van der Waals surface area contributed by atoms with Gasteiger partial charge in [0.25, 0.3) is 5.91 Å². The molecule has 0 aliphatic carbocycles. The van der Waals surface area contributed by atoms with E-state index in [-0.39, 0.29) is 18.0 Å². The quantitative estimate of drug-likeness (QED) is 0.784. The maximum Gasteiger partial charge on any atom is 0.321 e. The van der Waals surface area contributed by atoms with Crippen LogP contribution in [0.15, 0.2) is 54.6 Å². The molecular formula is C23H29N3O3. The Labute approximate surface area is 172 Å². The number of rotatable bonds is 6. The highest BCUT2D eigenvalue weighted by Crippen LogP contribution is 2.16. The highest BCUT2D eigenvalue weighted by molar-refractivity contribution is 5.95. The lowest BCUT2D eigenvalue weighted by atomic mass is 10.1. The van der Waals surface area contributed by atoms with Gasteiger partial charge in [0.2, 0.25) is 0 Å². The summed E-state index contributed by atoms with van der Waals surface area (Å²) in [6.45, 7) is 2.00. The van der Waals surface area contributed by atoms with Crippen molar-refractivity contribution in [3.05, 3.63) is 65.7 Å². The maximum atomic E-state index is 12.5. The standard InChI is InChI=1S/C23H29N3O3/c1-29-21-8-5-16-26(17-14-21)23(28)25-20-11-9-19(10-12-20)22(27)24-15-13-18-6-3-2-4-7-18/h2-4,6-7,9-12,21H,5,8,13-17H2,1H3,(H,24,27)(H,25,28). The number of anilines is 1. The van der Waals surface area contributed by atoms with Crippen molar-refractivity contribution >= 4 is 17.6 Å². The molecule has 2 aromatic rings. The van der Waals surface area contributed by atoms with Crippen molar-refractivity contribution in [2.75, 3.05) is 32.1 Å². The number of likely N-dealkylation sites (tertiary alicyclic amines) is 1. The van der Waals surface area contributed by atoms with Crippen LogP contribution in [0.1, 0.15) is 35.2 Å². The van der Waals surface area contributed by atoms with Crippen molar-refractivity contribution in [1.82, 2.24) is 10.2 Å². The fourth-order valence-corrected chi connectivity index (χ4v) is 3.48. The van der Waals surface area contributed by atoms with Gasteiger partial charge in [-0.15, -0.1) is 0 Å². The number of methoxy groups -OCH3 is 1. The van der Waals surface area contributed by atoms with Gasteiger partial charge < -0.3 is 20.3 Å². The number of hydrogen-bond acceptors (Lipinski definition) is 3. The summed E-state index contributed by atoms with van der Waals surface area (Å²) in [5.74, 6) is -0.114. The number of hydrogen-bond donors (Lipinski definition) is 2. The number of nitrogens with one attached hydrogen (secondary N) is 2. The van der Waals surface area contributed by atoms with Crippen LogP contribution in [-0.2, 0) is 11.2 Å². The van der Waals surface area contributed by atoms with Crippen molar-refractivity contribution in [3.8, 4) is 0 Å². The summed E-state index contributed by atoms with van der Waals surface area (Å²) >= 11 is 0. The highest BCUT2D eigenvalue weighted by Gasteiger charge is 2.20. The van der Waals surface area contributed by atoms with Gasteiger partial charge in [0.15, 0.2) is 0 Å². The molecule has 0 bridgehead atoms.